The maximum Gasteiger partial charge on any atom is 0.227 e. The van der Waals surface area contributed by atoms with Crippen molar-refractivity contribution in [3.8, 4) is 5.75 Å². The molecule has 0 bridgehead atoms. The van der Waals surface area contributed by atoms with Gasteiger partial charge >= 0.3 is 0 Å². The van der Waals surface area contributed by atoms with E-state index in [9.17, 15) is 4.79 Å². The average Bonchev–Trinajstić information content (AvgIpc) is 3.02. The van der Waals surface area contributed by atoms with Crippen LogP contribution in [0.4, 0.5) is 0 Å². The van der Waals surface area contributed by atoms with E-state index in [2.05, 4.69) is 25.2 Å². The molecule has 1 aromatic rings. The molecule has 0 unspecified atom stereocenters. The molecule has 3 atom stereocenters. The first kappa shape index (κ1) is 17.3. The van der Waals surface area contributed by atoms with Crippen LogP contribution in [0.25, 0.3) is 0 Å². The monoisotopic (exact) mass is 331 g/mol. The number of carbonyl (C=O) groups excluding carboxylic acids is 1. The molecular weight excluding hydrogens is 302 g/mol. The fourth-order valence-electron chi connectivity index (χ4n) is 4.15. The zero-order valence-electron chi connectivity index (χ0n) is 15.0. The van der Waals surface area contributed by atoms with Crippen molar-refractivity contribution in [1.29, 1.82) is 0 Å². The van der Waals surface area contributed by atoms with Gasteiger partial charge in [-0.15, -0.1) is 0 Å². The minimum atomic E-state index is -0.0443. The maximum absolute atomic E-state index is 12.7. The Morgan fingerprint density at radius 1 is 1.38 bits per heavy atom. The number of ether oxygens (including phenoxy) is 2. The lowest BCUT2D eigenvalue weighted by atomic mass is 9.87. The van der Waals surface area contributed by atoms with Gasteiger partial charge in [-0.2, -0.15) is 0 Å². The Hall–Kier alpha value is -1.55. The Morgan fingerprint density at radius 3 is 2.96 bits per heavy atom. The summed E-state index contributed by atoms with van der Waals surface area (Å²) >= 11 is 0. The molecule has 0 radical (unpaired) electrons. The molecule has 4 nitrogen and oxygen atoms in total. The van der Waals surface area contributed by atoms with Gasteiger partial charge in [0.05, 0.1) is 19.1 Å². The molecule has 2 aliphatic rings. The molecule has 0 spiro atoms. The number of carbonyl (C=O) groups is 1. The molecule has 1 fully saturated rings. The Labute approximate surface area is 144 Å². The fraction of sp³-hybridized carbons (Fsp3) is 0.650. The molecule has 3 rings (SSSR count). The average molecular weight is 331 g/mol. The van der Waals surface area contributed by atoms with Crippen molar-refractivity contribution >= 4 is 5.91 Å². The molecule has 1 aliphatic carbocycles. The van der Waals surface area contributed by atoms with Gasteiger partial charge in [0.1, 0.15) is 5.75 Å². The third-order valence-electron chi connectivity index (χ3n) is 5.44. The van der Waals surface area contributed by atoms with Crippen LogP contribution in [0.2, 0.25) is 0 Å². The van der Waals surface area contributed by atoms with Gasteiger partial charge in [0.15, 0.2) is 0 Å². The zero-order chi connectivity index (χ0) is 17.1. The molecule has 0 aromatic heterocycles. The SMILES string of the molecule is COc1ccc2c(c1)[C@H](C(=O)NC[C@@H]1CCCO[C@@H]1C(C)C)CC2. The number of methoxy groups -OCH3 is 1. The normalized spacial score (nSPS) is 26.2. The fourth-order valence-corrected chi connectivity index (χ4v) is 4.15. The zero-order valence-corrected chi connectivity index (χ0v) is 15.0. The second kappa shape index (κ2) is 7.56. The molecule has 1 aromatic carbocycles. The van der Waals surface area contributed by atoms with Crippen LogP contribution >= 0.6 is 0 Å². The van der Waals surface area contributed by atoms with E-state index >= 15 is 0 Å². The van der Waals surface area contributed by atoms with E-state index < -0.39 is 0 Å². The van der Waals surface area contributed by atoms with Gasteiger partial charge in [0.2, 0.25) is 5.91 Å². The van der Waals surface area contributed by atoms with Gasteiger partial charge in [-0.1, -0.05) is 19.9 Å². The second-order valence-electron chi connectivity index (χ2n) is 7.38. The number of rotatable bonds is 5. The lowest BCUT2D eigenvalue weighted by Crippen LogP contribution is -2.42. The summed E-state index contributed by atoms with van der Waals surface area (Å²) in [5.74, 6) is 1.85. The second-order valence-corrected chi connectivity index (χ2v) is 7.38. The van der Waals surface area contributed by atoms with Crippen LogP contribution in [0.1, 0.15) is 50.2 Å². The summed E-state index contributed by atoms with van der Waals surface area (Å²) in [7, 11) is 1.67. The summed E-state index contributed by atoms with van der Waals surface area (Å²) in [5, 5.41) is 3.20. The highest BCUT2D eigenvalue weighted by Gasteiger charge is 2.32. The van der Waals surface area contributed by atoms with Crippen LogP contribution in [-0.4, -0.2) is 32.3 Å². The largest absolute Gasteiger partial charge is 0.497 e. The van der Waals surface area contributed by atoms with Crippen LogP contribution < -0.4 is 10.1 Å². The quantitative estimate of drug-likeness (QED) is 0.900. The number of hydrogen-bond acceptors (Lipinski definition) is 3. The van der Waals surface area contributed by atoms with Gasteiger partial charge in [-0.25, -0.2) is 0 Å². The van der Waals surface area contributed by atoms with Crippen molar-refractivity contribution in [3.05, 3.63) is 29.3 Å². The summed E-state index contributed by atoms with van der Waals surface area (Å²) in [6.45, 7) is 5.97. The molecule has 1 amide bonds. The van der Waals surface area contributed by atoms with Crippen molar-refractivity contribution < 1.29 is 14.3 Å². The lowest BCUT2D eigenvalue weighted by molar-refractivity contribution is -0.123. The molecule has 4 heteroatoms. The standard InChI is InChI=1S/C20H29NO3/c1-13(2)19-15(5-4-10-24-19)12-21-20(22)17-9-7-14-6-8-16(23-3)11-18(14)17/h6,8,11,13,15,17,19H,4-5,7,9-10,12H2,1-3H3,(H,21,22)/t15-,17+,19+/m0/s1. The van der Waals surface area contributed by atoms with Crippen LogP contribution in [0.3, 0.4) is 0 Å². The summed E-state index contributed by atoms with van der Waals surface area (Å²) < 4.78 is 11.2. The number of aryl methyl sites for hydroxylation is 1. The van der Waals surface area contributed by atoms with Crippen LogP contribution in [0.15, 0.2) is 18.2 Å². The first-order valence-electron chi connectivity index (χ1n) is 9.16. The van der Waals surface area contributed by atoms with Crippen LogP contribution in [0, 0.1) is 11.8 Å². The number of amides is 1. The van der Waals surface area contributed by atoms with Crippen LogP contribution in [0.5, 0.6) is 5.75 Å². The summed E-state index contributed by atoms with van der Waals surface area (Å²) in [6, 6.07) is 6.09. The van der Waals surface area contributed by atoms with Gasteiger partial charge in [0, 0.05) is 19.1 Å². The topological polar surface area (TPSA) is 47.6 Å². The Balaban J connectivity index is 1.62. The maximum atomic E-state index is 12.7. The number of nitrogens with one attached hydrogen (secondary N) is 1. The van der Waals surface area contributed by atoms with Crippen molar-refractivity contribution in [1.82, 2.24) is 5.32 Å². The third-order valence-corrected chi connectivity index (χ3v) is 5.44. The van der Waals surface area contributed by atoms with E-state index in [4.69, 9.17) is 9.47 Å². The predicted octanol–water partition coefficient (Wildman–Crippen LogP) is 3.29. The van der Waals surface area contributed by atoms with Gasteiger partial charge < -0.3 is 14.8 Å². The summed E-state index contributed by atoms with van der Waals surface area (Å²) in [5.41, 5.74) is 2.41. The highest BCUT2D eigenvalue weighted by Crippen LogP contribution is 2.35. The molecule has 1 saturated heterocycles. The molecule has 24 heavy (non-hydrogen) atoms. The van der Waals surface area contributed by atoms with Crippen molar-refractivity contribution in [2.24, 2.45) is 11.8 Å². The van der Waals surface area contributed by atoms with E-state index in [1.54, 1.807) is 7.11 Å². The highest BCUT2D eigenvalue weighted by molar-refractivity contribution is 5.85. The smallest absolute Gasteiger partial charge is 0.227 e. The summed E-state index contributed by atoms with van der Waals surface area (Å²) in [4.78, 5) is 12.7. The third kappa shape index (κ3) is 3.59. The minimum Gasteiger partial charge on any atom is -0.497 e. The van der Waals surface area contributed by atoms with E-state index in [0.29, 0.717) is 11.8 Å². The molecule has 1 aliphatic heterocycles. The van der Waals surface area contributed by atoms with Gasteiger partial charge in [-0.05, 0) is 54.9 Å². The van der Waals surface area contributed by atoms with Gasteiger partial charge in [-0.3, -0.25) is 4.79 Å². The molecule has 132 valence electrons. The van der Waals surface area contributed by atoms with E-state index in [1.807, 2.05) is 12.1 Å². The number of hydrogen-bond donors (Lipinski definition) is 1. The van der Waals surface area contributed by atoms with Crippen LogP contribution in [-0.2, 0) is 16.0 Å². The first-order valence-corrected chi connectivity index (χ1v) is 9.16. The van der Waals surface area contributed by atoms with E-state index in [-0.39, 0.29) is 17.9 Å². The highest BCUT2D eigenvalue weighted by atomic mass is 16.5. The Bertz CT molecular complexity index is 584. The first-order chi connectivity index (χ1) is 11.6. The molecular formula is C20H29NO3. The molecule has 0 saturated carbocycles. The van der Waals surface area contributed by atoms with Crippen molar-refractivity contribution in [3.63, 3.8) is 0 Å². The molecule has 1 N–H and O–H groups in total. The Morgan fingerprint density at radius 2 is 2.21 bits per heavy atom. The molecule has 1 heterocycles. The summed E-state index contributed by atoms with van der Waals surface area (Å²) in [6.07, 6.45) is 4.35. The van der Waals surface area contributed by atoms with Crippen molar-refractivity contribution in [2.75, 3.05) is 20.3 Å². The van der Waals surface area contributed by atoms with E-state index in [0.717, 1.165) is 50.1 Å². The van der Waals surface area contributed by atoms with E-state index in [1.165, 1.54) is 5.56 Å². The predicted molar refractivity (Wildman–Crippen MR) is 94.4 cm³/mol. The Kier molecular flexibility index (Phi) is 5.44. The van der Waals surface area contributed by atoms with Gasteiger partial charge in [0.25, 0.3) is 0 Å². The number of fused-ring (bicyclic) bond motifs is 1. The number of benzene rings is 1. The minimum absolute atomic E-state index is 0.0443. The lowest BCUT2D eigenvalue weighted by Gasteiger charge is -2.34. The van der Waals surface area contributed by atoms with Crippen molar-refractivity contribution in [2.45, 2.75) is 51.6 Å².